The van der Waals surface area contributed by atoms with Crippen LogP contribution in [0.25, 0.3) is 11.4 Å². The van der Waals surface area contributed by atoms with Gasteiger partial charge in [-0.25, -0.2) is 9.36 Å². The maximum Gasteiger partial charge on any atom is 0.119 e. The second-order valence-electron chi connectivity index (χ2n) is 7.91. The Labute approximate surface area is 183 Å². The summed E-state index contributed by atoms with van der Waals surface area (Å²) in [4.78, 5) is 0. The van der Waals surface area contributed by atoms with Gasteiger partial charge in [0, 0.05) is 29.5 Å². The summed E-state index contributed by atoms with van der Waals surface area (Å²) in [5.74, 6) is 0.839. The number of methoxy groups -OCH3 is 1. The number of hydrogen-bond acceptors (Lipinski definition) is 4. The van der Waals surface area contributed by atoms with Crippen LogP contribution < -0.4 is 10.1 Å². The summed E-state index contributed by atoms with van der Waals surface area (Å²) in [6.45, 7) is 9.14. The van der Waals surface area contributed by atoms with Crippen molar-refractivity contribution in [2.75, 3.05) is 7.11 Å². The first-order chi connectivity index (χ1) is 15.0. The van der Waals surface area contributed by atoms with Crippen molar-refractivity contribution < 1.29 is 4.74 Å². The largest absolute Gasteiger partial charge is 0.497 e. The van der Waals surface area contributed by atoms with Crippen LogP contribution in [0, 0.1) is 20.8 Å². The first-order valence-corrected chi connectivity index (χ1v) is 10.5. The van der Waals surface area contributed by atoms with Crippen molar-refractivity contribution in [3.8, 4) is 17.1 Å². The van der Waals surface area contributed by atoms with E-state index >= 15 is 0 Å². The molecule has 0 bridgehead atoms. The van der Waals surface area contributed by atoms with E-state index in [4.69, 9.17) is 4.74 Å². The zero-order valence-corrected chi connectivity index (χ0v) is 18.8. The average molecular weight is 416 g/mol. The van der Waals surface area contributed by atoms with E-state index in [1.54, 1.807) is 7.11 Å². The second-order valence-corrected chi connectivity index (χ2v) is 7.91. The molecule has 160 valence electrons. The van der Waals surface area contributed by atoms with E-state index in [-0.39, 0.29) is 6.04 Å². The molecular formula is C25H29N5O. The van der Waals surface area contributed by atoms with Crippen LogP contribution in [0.1, 0.15) is 41.2 Å². The van der Waals surface area contributed by atoms with Gasteiger partial charge >= 0.3 is 0 Å². The Kier molecular flexibility index (Phi) is 5.91. The summed E-state index contributed by atoms with van der Waals surface area (Å²) < 4.78 is 9.21. The predicted octanol–water partition coefficient (Wildman–Crippen LogP) is 4.84. The van der Waals surface area contributed by atoms with Crippen molar-refractivity contribution in [2.24, 2.45) is 0 Å². The molecule has 0 fully saturated rings. The van der Waals surface area contributed by atoms with E-state index in [0.29, 0.717) is 0 Å². The first kappa shape index (κ1) is 20.9. The third-order valence-corrected chi connectivity index (χ3v) is 5.61. The minimum Gasteiger partial charge on any atom is -0.497 e. The lowest BCUT2D eigenvalue weighted by atomic mass is 10.1. The Morgan fingerprint density at radius 2 is 1.74 bits per heavy atom. The van der Waals surface area contributed by atoms with Crippen molar-refractivity contribution in [1.29, 1.82) is 0 Å². The number of benzene rings is 2. The van der Waals surface area contributed by atoms with Gasteiger partial charge in [-0.3, -0.25) is 0 Å². The molecule has 0 aliphatic heterocycles. The Balaban J connectivity index is 1.47. The average Bonchev–Trinajstić information content (AvgIpc) is 3.33. The maximum absolute atomic E-state index is 5.25. The summed E-state index contributed by atoms with van der Waals surface area (Å²) in [6.07, 6.45) is 1.95. The van der Waals surface area contributed by atoms with Gasteiger partial charge in [-0.1, -0.05) is 12.1 Å². The summed E-state index contributed by atoms with van der Waals surface area (Å²) >= 11 is 0. The van der Waals surface area contributed by atoms with E-state index in [2.05, 4.69) is 66.6 Å². The van der Waals surface area contributed by atoms with Crippen molar-refractivity contribution in [2.45, 2.75) is 40.3 Å². The third kappa shape index (κ3) is 4.39. The third-order valence-electron chi connectivity index (χ3n) is 5.61. The van der Waals surface area contributed by atoms with Gasteiger partial charge in [-0.15, -0.1) is 0 Å². The van der Waals surface area contributed by atoms with Gasteiger partial charge < -0.3 is 10.1 Å². The standard InChI is InChI=1S/C25H29N5O/c1-17-13-18(2)29(28-17)23-8-6-7-21(14-23)15-26-19(3)25-16-27-30(20(25)4)22-9-11-24(31-5)12-10-22/h6-14,16,19,26H,15H2,1-5H3/t19-/m0/s1. The second kappa shape index (κ2) is 8.78. The Morgan fingerprint density at radius 1 is 0.968 bits per heavy atom. The van der Waals surface area contributed by atoms with Crippen LogP contribution in [0.15, 0.2) is 60.8 Å². The van der Waals surface area contributed by atoms with Gasteiger partial charge in [-0.05, 0) is 75.7 Å². The van der Waals surface area contributed by atoms with Crippen LogP contribution in [0.5, 0.6) is 5.75 Å². The highest BCUT2D eigenvalue weighted by atomic mass is 16.5. The molecule has 0 saturated heterocycles. The summed E-state index contributed by atoms with van der Waals surface area (Å²) in [7, 11) is 1.67. The lowest BCUT2D eigenvalue weighted by molar-refractivity contribution is 0.414. The van der Waals surface area contributed by atoms with Crippen LogP contribution in [-0.4, -0.2) is 26.7 Å². The molecule has 6 nitrogen and oxygen atoms in total. The van der Waals surface area contributed by atoms with Gasteiger partial charge in [0.15, 0.2) is 0 Å². The first-order valence-electron chi connectivity index (χ1n) is 10.5. The van der Waals surface area contributed by atoms with Crippen LogP contribution in [0.4, 0.5) is 0 Å². The van der Waals surface area contributed by atoms with Crippen LogP contribution in [0.2, 0.25) is 0 Å². The molecule has 0 aliphatic carbocycles. The molecule has 1 N–H and O–H groups in total. The van der Waals surface area contributed by atoms with Crippen molar-refractivity contribution in [1.82, 2.24) is 24.9 Å². The molecule has 0 radical (unpaired) electrons. The quantitative estimate of drug-likeness (QED) is 0.469. The molecule has 4 rings (SSSR count). The Morgan fingerprint density at radius 3 is 2.42 bits per heavy atom. The topological polar surface area (TPSA) is 56.9 Å². The van der Waals surface area contributed by atoms with E-state index < -0.39 is 0 Å². The molecule has 1 atom stereocenters. The molecule has 6 heteroatoms. The van der Waals surface area contributed by atoms with Crippen LogP contribution >= 0.6 is 0 Å². The fraction of sp³-hybridized carbons (Fsp3) is 0.280. The lowest BCUT2D eigenvalue weighted by Crippen LogP contribution is -2.19. The number of nitrogens with one attached hydrogen (secondary N) is 1. The number of aromatic nitrogens is 4. The molecule has 0 spiro atoms. The van der Waals surface area contributed by atoms with Gasteiger partial charge in [0.05, 0.1) is 30.4 Å². The van der Waals surface area contributed by atoms with Gasteiger partial charge in [-0.2, -0.15) is 10.2 Å². The fourth-order valence-electron chi connectivity index (χ4n) is 3.90. The molecule has 0 amide bonds. The van der Waals surface area contributed by atoms with Crippen molar-refractivity contribution in [3.63, 3.8) is 0 Å². The van der Waals surface area contributed by atoms with E-state index in [9.17, 15) is 0 Å². The Hall–Kier alpha value is -3.38. The molecule has 2 aromatic heterocycles. The summed E-state index contributed by atoms with van der Waals surface area (Å²) in [5.41, 5.74) is 7.80. The number of nitrogens with zero attached hydrogens (tertiary/aromatic N) is 4. The van der Waals surface area contributed by atoms with Gasteiger partial charge in [0.25, 0.3) is 0 Å². The highest BCUT2D eigenvalue weighted by Gasteiger charge is 2.14. The highest BCUT2D eigenvalue weighted by Crippen LogP contribution is 2.22. The summed E-state index contributed by atoms with van der Waals surface area (Å²) in [6, 6.07) is 18.7. The molecule has 2 heterocycles. The highest BCUT2D eigenvalue weighted by molar-refractivity contribution is 5.40. The number of ether oxygens (including phenoxy) is 1. The zero-order valence-electron chi connectivity index (χ0n) is 18.8. The fourth-order valence-corrected chi connectivity index (χ4v) is 3.90. The van der Waals surface area contributed by atoms with E-state index in [1.165, 1.54) is 11.1 Å². The van der Waals surface area contributed by atoms with Crippen molar-refractivity contribution in [3.05, 3.63) is 89.0 Å². The van der Waals surface area contributed by atoms with Crippen LogP contribution in [0.3, 0.4) is 0 Å². The van der Waals surface area contributed by atoms with Crippen molar-refractivity contribution >= 4 is 0 Å². The van der Waals surface area contributed by atoms with E-state index in [0.717, 1.165) is 40.8 Å². The smallest absolute Gasteiger partial charge is 0.119 e. The number of hydrogen-bond donors (Lipinski definition) is 1. The number of rotatable bonds is 7. The molecule has 4 aromatic rings. The molecular weight excluding hydrogens is 386 g/mol. The number of aryl methyl sites for hydroxylation is 2. The predicted molar refractivity (Wildman–Crippen MR) is 123 cm³/mol. The molecule has 31 heavy (non-hydrogen) atoms. The maximum atomic E-state index is 5.25. The lowest BCUT2D eigenvalue weighted by Gasteiger charge is -2.15. The molecule has 2 aromatic carbocycles. The molecule has 0 saturated carbocycles. The zero-order chi connectivity index (χ0) is 22.0. The summed E-state index contributed by atoms with van der Waals surface area (Å²) in [5, 5.41) is 12.8. The van der Waals surface area contributed by atoms with Crippen LogP contribution in [-0.2, 0) is 6.54 Å². The normalized spacial score (nSPS) is 12.2. The SMILES string of the molecule is COc1ccc(-n2ncc([C@H](C)NCc3cccc(-n4nc(C)cc4C)c3)c2C)cc1. The van der Waals surface area contributed by atoms with Gasteiger partial charge in [0.1, 0.15) is 5.75 Å². The van der Waals surface area contributed by atoms with E-state index in [1.807, 2.05) is 46.7 Å². The molecule has 0 unspecified atom stereocenters. The minimum absolute atomic E-state index is 0.171. The monoisotopic (exact) mass is 415 g/mol. The minimum atomic E-state index is 0.171. The molecule has 0 aliphatic rings. The van der Waals surface area contributed by atoms with Gasteiger partial charge in [0.2, 0.25) is 0 Å². The Bertz CT molecular complexity index is 1170.